The van der Waals surface area contributed by atoms with E-state index in [9.17, 15) is 9.59 Å². The van der Waals surface area contributed by atoms with Gasteiger partial charge in [0.1, 0.15) is 12.2 Å². The van der Waals surface area contributed by atoms with Gasteiger partial charge in [0, 0.05) is 20.6 Å². The summed E-state index contributed by atoms with van der Waals surface area (Å²) in [4.78, 5) is 28.0. The molecule has 26 heavy (non-hydrogen) atoms. The number of carbonyl (C=O) groups excluding carboxylic acids is 2. The number of benzene rings is 1. The summed E-state index contributed by atoms with van der Waals surface area (Å²) in [6, 6.07) is 11.7. The summed E-state index contributed by atoms with van der Waals surface area (Å²) in [6.07, 6.45) is 0.731. The van der Waals surface area contributed by atoms with Crippen molar-refractivity contribution in [2.75, 3.05) is 33.3 Å². The summed E-state index contributed by atoms with van der Waals surface area (Å²) >= 11 is 0. The van der Waals surface area contributed by atoms with Crippen LogP contribution in [0.15, 0.2) is 36.4 Å². The molecule has 0 radical (unpaired) electrons. The Hall–Kier alpha value is -2.67. The predicted molar refractivity (Wildman–Crippen MR) is 95.5 cm³/mol. The third kappa shape index (κ3) is 2.88. The number of hydrogen-bond donors (Lipinski definition) is 0. The van der Waals surface area contributed by atoms with Crippen LogP contribution in [0.3, 0.4) is 0 Å². The van der Waals surface area contributed by atoms with Crippen LogP contribution in [-0.2, 0) is 16.6 Å². The molecule has 2 amide bonds. The second-order valence-corrected chi connectivity index (χ2v) is 7.10. The van der Waals surface area contributed by atoms with Crippen molar-refractivity contribution in [2.24, 2.45) is 7.05 Å². The first-order valence-corrected chi connectivity index (χ1v) is 8.74. The van der Waals surface area contributed by atoms with Gasteiger partial charge in [0.15, 0.2) is 5.69 Å². The number of likely N-dealkylation sites (N-methyl/N-ethyl adjacent to an activating group) is 1. The number of ether oxygens (including phenoxy) is 1. The van der Waals surface area contributed by atoms with Gasteiger partial charge in [-0.2, -0.15) is 5.10 Å². The molecule has 2 fully saturated rings. The summed E-state index contributed by atoms with van der Waals surface area (Å²) < 4.78 is 7.55. The van der Waals surface area contributed by atoms with Gasteiger partial charge in [0.2, 0.25) is 5.91 Å². The van der Waals surface area contributed by atoms with Crippen molar-refractivity contribution in [1.29, 1.82) is 0 Å². The lowest BCUT2D eigenvalue weighted by Crippen LogP contribution is -2.54. The van der Waals surface area contributed by atoms with Crippen LogP contribution in [0.4, 0.5) is 0 Å². The predicted octanol–water partition coefficient (Wildman–Crippen LogP) is 1.16. The number of hydrogen-bond acceptors (Lipinski definition) is 4. The van der Waals surface area contributed by atoms with E-state index < -0.39 is 5.60 Å². The highest BCUT2D eigenvalue weighted by Gasteiger charge is 2.45. The molecule has 7 nitrogen and oxygen atoms in total. The minimum atomic E-state index is -0.449. The highest BCUT2D eigenvalue weighted by molar-refractivity contribution is 5.93. The standard InChI is InChI=1S/C19H22N4O3/c1-21-12-19(26-11-17(21)24)8-9-23(13-19)18(25)15-10-16(22(2)20-15)14-6-4-3-5-7-14/h3-7,10H,8-9,11-13H2,1-2H3. The average molecular weight is 354 g/mol. The van der Waals surface area contributed by atoms with Gasteiger partial charge in [-0.1, -0.05) is 30.3 Å². The molecule has 1 spiro atoms. The van der Waals surface area contributed by atoms with Crippen LogP contribution in [-0.4, -0.2) is 70.3 Å². The van der Waals surface area contributed by atoms with E-state index in [0.717, 1.165) is 17.7 Å². The summed E-state index contributed by atoms with van der Waals surface area (Å²) in [5.41, 5.74) is 1.91. The Bertz CT molecular complexity index is 848. The summed E-state index contributed by atoms with van der Waals surface area (Å²) in [6.45, 7) is 1.70. The van der Waals surface area contributed by atoms with Gasteiger partial charge in [-0.25, -0.2) is 0 Å². The average Bonchev–Trinajstić information content (AvgIpc) is 3.23. The van der Waals surface area contributed by atoms with E-state index in [1.54, 1.807) is 21.5 Å². The minimum absolute atomic E-state index is 0.0161. The third-order valence-electron chi connectivity index (χ3n) is 5.22. The Kier molecular flexibility index (Phi) is 4.03. The molecule has 2 aliphatic rings. The van der Waals surface area contributed by atoms with Crippen molar-refractivity contribution >= 4 is 11.8 Å². The van der Waals surface area contributed by atoms with Gasteiger partial charge in [-0.15, -0.1) is 0 Å². The van der Waals surface area contributed by atoms with Crippen LogP contribution >= 0.6 is 0 Å². The lowest BCUT2D eigenvalue weighted by molar-refractivity contribution is -0.158. The van der Waals surface area contributed by atoms with E-state index in [1.165, 1.54) is 0 Å². The van der Waals surface area contributed by atoms with Crippen molar-refractivity contribution in [3.05, 3.63) is 42.1 Å². The maximum Gasteiger partial charge on any atom is 0.274 e. The van der Waals surface area contributed by atoms with Crippen molar-refractivity contribution in [2.45, 2.75) is 12.0 Å². The topological polar surface area (TPSA) is 67.7 Å². The molecule has 136 valence electrons. The second kappa shape index (κ2) is 6.25. The SMILES string of the molecule is CN1CC2(CCN(C(=O)c3cc(-c4ccccc4)n(C)n3)C2)OCC1=O. The maximum absolute atomic E-state index is 12.9. The normalized spacial score (nSPS) is 23.1. The third-order valence-corrected chi connectivity index (χ3v) is 5.22. The molecule has 2 aliphatic heterocycles. The van der Waals surface area contributed by atoms with Gasteiger partial charge in [0.05, 0.1) is 18.8 Å². The first kappa shape index (κ1) is 16.8. The summed E-state index contributed by atoms with van der Waals surface area (Å²) in [5, 5.41) is 4.41. The number of morpholine rings is 1. The molecule has 2 aromatic rings. The number of amides is 2. The zero-order valence-electron chi connectivity index (χ0n) is 15.0. The fraction of sp³-hybridized carbons (Fsp3) is 0.421. The molecular formula is C19H22N4O3. The summed E-state index contributed by atoms with van der Waals surface area (Å²) in [7, 11) is 3.62. The highest BCUT2D eigenvalue weighted by Crippen LogP contribution is 2.30. The number of aromatic nitrogens is 2. The Morgan fingerprint density at radius 1 is 1.19 bits per heavy atom. The van der Waals surface area contributed by atoms with Gasteiger partial charge < -0.3 is 14.5 Å². The fourth-order valence-corrected chi connectivity index (χ4v) is 3.77. The number of nitrogens with zero attached hydrogens (tertiary/aromatic N) is 4. The molecule has 2 saturated heterocycles. The van der Waals surface area contributed by atoms with Crippen LogP contribution in [0.1, 0.15) is 16.9 Å². The van der Waals surface area contributed by atoms with Gasteiger partial charge in [0.25, 0.3) is 5.91 Å². The van der Waals surface area contributed by atoms with E-state index in [0.29, 0.717) is 25.3 Å². The number of aryl methyl sites for hydroxylation is 1. The Morgan fingerprint density at radius 3 is 2.69 bits per heavy atom. The lowest BCUT2D eigenvalue weighted by atomic mass is 10.0. The lowest BCUT2D eigenvalue weighted by Gasteiger charge is -2.38. The minimum Gasteiger partial charge on any atom is -0.361 e. The Labute approximate surface area is 152 Å². The Morgan fingerprint density at radius 2 is 1.96 bits per heavy atom. The zero-order chi connectivity index (χ0) is 18.3. The molecule has 3 heterocycles. The number of rotatable bonds is 2. The largest absolute Gasteiger partial charge is 0.361 e. The quantitative estimate of drug-likeness (QED) is 0.812. The second-order valence-electron chi connectivity index (χ2n) is 7.10. The molecule has 0 bridgehead atoms. The molecule has 0 saturated carbocycles. The monoisotopic (exact) mass is 354 g/mol. The van der Waals surface area contributed by atoms with E-state index >= 15 is 0 Å². The molecule has 4 rings (SSSR count). The molecule has 7 heteroatoms. The first-order valence-electron chi connectivity index (χ1n) is 8.74. The van der Waals surface area contributed by atoms with Gasteiger partial charge in [-0.3, -0.25) is 14.3 Å². The van der Waals surface area contributed by atoms with Gasteiger partial charge in [-0.05, 0) is 18.1 Å². The van der Waals surface area contributed by atoms with Crippen molar-refractivity contribution in [3.63, 3.8) is 0 Å². The van der Waals surface area contributed by atoms with Crippen LogP contribution in [0.5, 0.6) is 0 Å². The molecule has 1 atom stereocenters. The Balaban J connectivity index is 1.52. The zero-order valence-corrected chi connectivity index (χ0v) is 15.0. The van der Waals surface area contributed by atoms with Crippen molar-refractivity contribution < 1.29 is 14.3 Å². The molecule has 1 aromatic heterocycles. The van der Waals surface area contributed by atoms with E-state index in [1.807, 2.05) is 43.4 Å². The molecule has 1 aromatic carbocycles. The van der Waals surface area contributed by atoms with Crippen LogP contribution < -0.4 is 0 Å². The maximum atomic E-state index is 12.9. The fourth-order valence-electron chi connectivity index (χ4n) is 3.77. The van der Waals surface area contributed by atoms with E-state index in [2.05, 4.69) is 5.10 Å². The summed E-state index contributed by atoms with van der Waals surface area (Å²) in [5.74, 6) is -0.111. The van der Waals surface area contributed by atoms with Crippen LogP contribution in [0.25, 0.3) is 11.3 Å². The molecule has 0 N–H and O–H groups in total. The molecular weight excluding hydrogens is 332 g/mol. The van der Waals surface area contributed by atoms with Crippen LogP contribution in [0.2, 0.25) is 0 Å². The smallest absolute Gasteiger partial charge is 0.274 e. The van der Waals surface area contributed by atoms with E-state index in [-0.39, 0.29) is 18.4 Å². The van der Waals surface area contributed by atoms with Crippen molar-refractivity contribution in [3.8, 4) is 11.3 Å². The number of likely N-dealkylation sites (tertiary alicyclic amines) is 1. The van der Waals surface area contributed by atoms with Crippen LogP contribution in [0, 0.1) is 0 Å². The van der Waals surface area contributed by atoms with E-state index in [4.69, 9.17) is 4.74 Å². The number of carbonyl (C=O) groups is 2. The first-order chi connectivity index (χ1) is 12.5. The molecule has 0 aliphatic carbocycles. The van der Waals surface area contributed by atoms with Gasteiger partial charge >= 0.3 is 0 Å². The highest BCUT2D eigenvalue weighted by atomic mass is 16.5. The van der Waals surface area contributed by atoms with Crippen molar-refractivity contribution in [1.82, 2.24) is 19.6 Å². The molecule has 1 unspecified atom stereocenters.